The van der Waals surface area contributed by atoms with Crippen LogP contribution >= 0.6 is 11.8 Å². The van der Waals surface area contributed by atoms with Gasteiger partial charge in [0.25, 0.3) is 5.56 Å². The summed E-state index contributed by atoms with van der Waals surface area (Å²) in [5, 5.41) is 7.30. The Morgan fingerprint density at radius 2 is 2.24 bits per heavy atom. The lowest BCUT2D eigenvalue weighted by atomic mass is 10.5. The lowest BCUT2D eigenvalue weighted by Crippen LogP contribution is -2.18. The van der Waals surface area contributed by atoms with Crippen LogP contribution in [0.3, 0.4) is 0 Å². The Morgan fingerprint density at radius 1 is 1.43 bits per heavy atom. The summed E-state index contributed by atoms with van der Waals surface area (Å²) in [7, 11) is 3.23. The van der Waals surface area contributed by atoms with E-state index in [-0.39, 0.29) is 17.4 Å². The van der Waals surface area contributed by atoms with Gasteiger partial charge in [0, 0.05) is 32.0 Å². The Kier molecular flexibility index (Phi) is 4.88. The average molecular weight is 306 g/mol. The molecule has 2 aromatic heterocycles. The molecule has 1 N–H and O–H groups in total. The fraction of sp³-hybridized carbons (Fsp3) is 0.250. The molecule has 8 nitrogen and oxygen atoms in total. The van der Waals surface area contributed by atoms with Crippen LogP contribution < -0.4 is 15.6 Å². The first-order valence-electron chi connectivity index (χ1n) is 6.02. The topological polar surface area (TPSA) is 94.8 Å². The fourth-order valence-electron chi connectivity index (χ4n) is 1.32. The van der Waals surface area contributed by atoms with E-state index in [0.717, 1.165) is 0 Å². The molecule has 0 aromatic carbocycles. The van der Waals surface area contributed by atoms with Gasteiger partial charge in [-0.15, -0.1) is 11.7 Å². The molecule has 0 aliphatic rings. The molecule has 21 heavy (non-hydrogen) atoms. The summed E-state index contributed by atoms with van der Waals surface area (Å²) in [6.07, 6.45) is 1.75. The molecule has 0 saturated heterocycles. The summed E-state index contributed by atoms with van der Waals surface area (Å²) in [6.45, 7) is 3.65. The molecule has 0 amide bonds. The molecule has 0 aliphatic carbocycles. The highest BCUT2D eigenvalue weighted by atomic mass is 32.2. The summed E-state index contributed by atoms with van der Waals surface area (Å²) < 4.78 is 6.63. The zero-order chi connectivity index (χ0) is 15.2. The van der Waals surface area contributed by atoms with E-state index in [9.17, 15) is 4.79 Å². The highest BCUT2D eigenvalue weighted by Gasteiger charge is 2.09. The minimum Gasteiger partial charge on any atom is -0.403 e. The van der Waals surface area contributed by atoms with Crippen molar-refractivity contribution < 1.29 is 4.74 Å². The van der Waals surface area contributed by atoms with Crippen molar-refractivity contribution in [3.05, 3.63) is 35.1 Å². The van der Waals surface area contributed by atoms with Crippen molar-refractivity contribution in [3.8, 4) is 11.9 Å². The van der Waals surface area contributed by atoms with Crippen LogP contribution in [0.2, 0.25) is 0 Å². The third kappa shape index (κ3) is 4.02. The second-order valence-electron chi connectivity index (χ2n) is 3.81. The molecule has 0 radical (unpaired) electrons. The molecule has 2 aromatic rings. The Bertz CT molecular complexity index is 702. The van der Waals surface area contributed by atoms with Crippen molar-refractivity contribution in [2.45, 2.75) is 5.16 Å². The number of hydrogen-bond acceptors (Lipinski definition) is 8. The highest BCUT2D eigenvalue weighted by Crippen LogP contribution is 2.20. The number of anilines is 1. The number of ether oxygens (including phenoxy) is 1. The van der Waals surface area contributed by atoms with E-state index in [2.05, 4.69) is 31.9 Å². The predicted octanol–water partition coefficient (Wildman–Crippen LogP) is 1.08. The molecule has 0 bridgehead atoms. The predicted molar refractivity (Wildman–Crippen MR) is 79.8 cm³/mol. The first kappa shape index (κ1) is 15.0. The van der Waals surface area contributed by atoms with Crippen molar-refractivity contribution >= 4 is 17.7 Å². The van der Waals surface area contributed by atoms with E-state index in [1.807, 2.05) is 0 Å². The minimum atomic E-state index is -0.226. The van der Waals surface area contributed by atoms with Crippen molar-refractivity contribution in [2.75, 3.05) is 18.1 Å². The van der Waals surface area contributed by atoms with Crippen LogP contribution in [-0.4, -0.2) is 37.5 Å². The van der Waals surface area contributed by atoms with E-state index in [1.54, 1.807) is 13.1 Å². The second-order valence-corrected chi connectivity index (χ2v) is 4.80. The molecule has 2 rings (SSSR count). The molecule has 0 unspecified atom stereocenters. The van der Waals surface area contributed by atoms with Gasteiger partial charge in [0.05, 0.1) is 0 Å². The van der Waals surface area contributed by atoms with Gasteiger partial charge in [-0.05, 0) is 0 Å². The number of aryl methyl sites for hydroxylation is 1. The molecule has 0 fully saturated rings. The molecule has 9 heteroatoms. The Hall–Kier alpha value is -2.42. The second kappa shape index (κ2) is 6.84. The zero-order valence-corrected chi connectivity index (χ0v) is 12.4. The lowest BCUT2D eigenvalue weighted by molar-refractivity contribution is 0.401. The molecule has 0 spiro atoms. The van der Waals surface area contributed by atoms with E-state index in [0.29, 0.717) is 16.9 Å². The summed E-state index contributed by atoms with van der Waals surface area (Å²) >= 11 is 1.40. The van der Waals surface area contributed by atoms with Crippen molar-refractivity contribution in [2.24, 2.45) is 7.05 Å². The largest absolute Gasteiger partial charge is 0.403 e. The molecular formula is C12H14N6O2S. The summed E-state index contributed by atoms with van der Waals surface area (Å²) in [6, 6.07) is 2.92. The molecular weight excluding hydrogens is 292 g/mol. The number of thioether (sulfide) groups is 1. The van der Waals surface area contributed by atoms with Gasteiger partial charge < -0.3 is 10.1 Å². The van der Waals surface area contributed by atoms with Gasteiger partial charge in [0.2, 0.25) is 11.8 Å². The van der Waals surface area contributed by atoms with E-state index < -0.39 is 0 Å². The Labute approximate surface area is 125 Å². The first-order chi connectivity index (χ1) is 10.1. The maximum Gasteiger partial charge on any atom is 0.329 e. The number of rotatable bonds is 6. The van der Waals surface area contributed by atoms with Gasteiger partial charge in [-0.3, -0.25) is 4.79 Å². The summed E-state index contributed by atoms with van der Waals surface area (Å²) in [5.41, 5.74) is -0.226. The highest BCUT2D eigenvalue weighted by molar-refractivity contribution is 7.99. The van der Waals surface area contributed by atoms with Crippen molar-refractivity contribution in [3.63, 3.8) is 0 Å². The Balaban J connectivity index is 2.27. The van der Waals surface area contributed by atoms with Gasteiger partial charge >= 0.3 is 6.01 Å². The average Bonchev–Trinajstić information content (AvgIpc) is 2.48. The maximum atomic E-state index is 11.3. The van der Waals surface area contributed by atoms with Crippen LogP contribution in [0.15, 0.2) is 34.7 Å². The van der Waals surface area contributed by atoms with Gasteiger partial charge in [-0.1, -0.05) is 17.8 Å². The molecule has 0 atom stereocenters. The molecule has 0 aliphatic heterocycles. The number of nitrogens with zero attached hydrogens (tertiary/aromatic N) is 5. The number of aromatic nitrogens is 5. The van der Waals surface area contributed by atoms with Gasteiger partial charge in [-0.25, -0.2) is 4.68 Å². The lowest BCUT2D eigenvalue weighted by Gasteiger charge is -2.07. The van der Waals surface area contributed by atoms with Gasteiger partial charge in [0.15, 0.2) is 5.16 Å². The van der Waals surface area contributed by atoms with Crippen LogP contribution in [0.1, 0.15) is 0 Å². The van der Waals surface area contributed by atoms with E-state index in [4.69, 9.17) is 4.74 Å². The monoisotopic (exact) mass is 306 g/mol. The van der Waals surface area contributed by atoms with E-state index in [1.165, 1.54) is 35.6 Å². The SMILES string of the molecule is C=CCSc1nc(NC)nc(Oc2ccc(=O)n(C)n2)n1. The van der Waals surface area contributed by atoms with E-state index >= 15 is 0 Å². The number of nitrogens with one attached hydrogen (secondary N) is 1. The van der Waals surface area contributed by atoms with Crippen LogP contribution in [0, 0.1) is 0 Å². The zero-order valence-electron chi connectivity index (χ0n) is 11.6. The van der Waals surface area contributed by atoms with Crippen molar-refractivity contribution in [1.82, 2.24) is 24.7 Å². The summed E-state index contributed by atoms with van der Waals surface area (Å²) in [5.74, 6) is 1.28. The first-order valence-corrected chi connectivity index (χ1v) is 7.00. The van der Waals surface area contributed by atoms with Crippen LogP contribution in [-0.2, 0) is 7.05 Å². The summed E-state index contributed by atoms with van der Waals surface area (Å²) in [4.78, 5) is 23.7. The van der Waals surface area contributed by atoms with Crippen LogP contribution in [0.4, 0.5) is 5.95 Å². The fourth-order valence-corrected chi connectivity index (χ4v) is 1.88. The number of hydrogen-bond donors (Lipinski definition) is 1. The smallest absolute Gasteiger partial charge is 0.329 e. The van der Waals surface area contributed by atoms with Crippen molar-refractivity contribution in [1.29, 1.82) is 0 Å². The molecule has 110 valence electrons. The minimum absolute atomic E-state index is 0.104. The molecule has 0 saturated carbocycles. The normalized spacial score (nSPS) is 10.2. The maximum absolute atomic E-state index is 11.3. The van der Waals surface area contributed by atoms with Gasteiger partial charge in [0.1, 0.15) is 0 Å². The molecule has 2 heterocycles. The standard InChI is InChI=1S/C12H14N6O2S/c1-4-7-21-12-15-10(13-2)14-11(16-12)20-8-5-6-9(19)18(3)17-8/h4-6H,1,7H2,2-3H3,(H,13,14,15,16). The van der Waals surface area contributed by atoms with Crippen LogP contribution in [0.25, 0.3) is 0 Å². The third-order valence-electron chi connectivity index (χ3n) is 2.28. The van der Waals surface area contributed by atoms with Gasteiger partial charge in [-0.2, -0.15) is 15.0 Å². The Morgan fingerprint density at radius 3 is 2.90 bits per heavy atom. The van der Waals surface area contributed by atoms with Crippen LogP contribution in [0.5, 0.6) is 11.9 Å². The third-order valence-corrected chi connectivity index (χ3v) is 3.12. The quantitative estimate of drug-likeness (QED) is 0.625.